The summed E-state index contributed by atoms with van der Waals surface area (Å²) >= 11 is 0. The molecule has 0 unspecified atom stereocenters. The number of benzene rings is 1. The van der Waals surface area contributed by atoms with E-state index in [2.05, 4.69) is 0 Å². The summed E-state index contributed by atoms with van der Waals surface area (Å²) < 4.78 is 38.5. The van der Waals surface area contributed by atoms with E-state index in [0.717, 1.165) is 6.08 Å². The molecule has 0 atom stereocenters. The minimum absolute atomic E-state index is 0.353. The Balaban J connectivity index is 3.05. The first-order chi connectivity index (χ1) is 7.41. The maximum absolute atomic E-state index is 13.1. The number of hydrogen-bond donors (Lipinski definition) is 0. The molecule has 0 saturated carbocycles. The lowest BCUT2D eigenvalue weighted by atomic mass is 10.1. The summed E-state index contributed by atoms with van der Waals surface area (Å²) in [6.45, 7) is 0. The molecule has 0 bridgehead atoms. The van der Waals surface area contributed by atoms with E-state index < -0.39 is 28.8 Å². The third kappa shape index (κ3) is 2.85. The first-order valence-electron chi connectivity index (χ1n) is 4.45. The van der Waals surface area contributed by atoms with Crippen molar-refractivity contribution in [3.8, 4) is 0 Å². The topological polar surface area (TPSA) is 20.3 Å². The van der Waals surface area contributed by atoms with Crippen LogP contribution in [0.3, 0.4) is 0 Å². The molecule has 1 aromatic rings. The fraction of sp³-hybridized carbons (Fsp3) is 0.182. The fourth-order valence-corrected chi connectivity index (χ4v) is 1.02. The van der Waals surface area contributed by atoms with Crippen molar-refractivity contribution in [3.63, 3.8) is 0 Å². The lowest BCUT2D eigenvalue weighted by Crippen LogP contribution is -2.05. The van der Waals surface area contributed by atoms with Crippen LogP contribution in [0.2, 0.25) is 0 Å². The van der Waals surface area contributed by atoms with E-state index in [9.17, 15) is 18.0 Å². The van der Waals surface area contributed by atoms with Gasteiger partial charge in [0.05, 0.1) is 5.56 Å². The Morgan fingerprint density at radius 3 is 2.25 bits per heavy atom. The zero-order chi connectivity index (χ0) is 12.3. The number of allylic oxidation sites excluding steroid dienone is 1. The fourth-order valence-electron chi connectivity index (χ4n) is 1.02. The van der Waals surface area contributed by atoms with Crippen LogP contribution in [-0.4, -0.2) is 24.8 Å². The number of nitrogens with zero attached hydrogens (tertiary/aromatic N) is 1. The maximum Gasteiger partial charge on any atom is 0.190 e. The lowest BCUT2D eigenvalue weighted by molar-refractivity contribution is 0.104. The Hall–Kier alpha value is -1.78. The summed E-state index contributed by atoms with van der Waals surface area (Å²) in [6, 6.07) is 0.902. The van der Waals surface area contributed by atoms with E-state index >= 15 is 0 Å². The van der Waals surface area contributed by atoms with Crippen LogP contribution in [0, 0.1) is 17.5 Å². The molecule has 86 valence electrons. The molecule has 0 fully saturated rings. The number of hydrogen-bond acceptors (Lipinski definition) is 2. The van der Waals surface area contributed by atoms with Crippen LogP contribution in [0.5, 0.6) is 0 Å². The highest BCUT2D eigenvalue weighted by molar-refractivity contribution is 6.04. The zero-order valence-electron chi connectivity index (χ0n) is 8.80. The van der Waals surface area contributed by atoms with E-state index in [1.807, 2.05) is 0 Å². The van der Waals surface area contributed by atoms with Crippen molar-refractivity contribution in [2.75, 3.05) is 14.1 Å². The van der Waals surface area contributed by atoms with Crippen LogP contribution in [0.4, 0.5) is 13.2 Å². The van der Waals surface area contributed by atoms with Crippen molar-refractivity contribution in [1.82, 2.24) is 4.90 Å². The minimum atomic E-state index is -1.31. The van der Waals surface area contributed by atoms with Gasteiger partial charge in [0.15, 0.2) is 17.4 Å². The quantitative estimate of drug-likeness (QED) is 0.450. The first-order valence-corrected chi connectivity index (χ1v) is 4.45. The molecule has 0 saturated heterocycles. The summed E-state index contributed by atoms with van der Waals surface area (Å²) in [6.07, 6.45) is 2.47. The van der Waals surface area contributed by atoms with Gasteiger partial charge in [0.2, 0.25) is 0 Å². The second-order valence-corrected chi connectivity index (χ2v) is 3.39. The Morgan fingerprint density at radius 1 is 1.12 bits per heavy atom. The van der Waals surface area contributed by atoms with Crippen LogP contribution in [0.15, 0.2) is 24.4 Å². The standard InChI is InChI=1S/C11H10F3NO/c1-15(2)4-3-11(16)7-5-9(13)10(14)6-8(7)12/h3-6H,1-2H3. The normalized spacial score (nSPS) is 10.8. The zero-order valence-corrected chi connectivity index (χ0v) is 8.80. The van der Waals surface area contributed by atoms with Crippen molar-refractivity contribution in [2.45, 2.75) is 0 Å². The number of ketones is 1. The highest BCUT2D eigenvalue weighted by atomic mass is 19.2. The predicted molar refractivity (Wildman–Crippen MR) is 53.5 cm³/mol. The monoisotopic (exact) mass is 229 g/mol. The van der Waals surface area contributed by atoms with Crippen molar-refractivity contribution in [2.24, 2.45) is 0 Å². The number of carbonyl (C=O) groups is 1. The Labute approximate surface area is 91.0 Å². The summed E-state index contributed by atoms with van der Waals surface area (Å²) in [5, 5.41) is 0. The third-order valence-corrected chi connectivity index (χ3v) is 1.80. The summed E-state index contributed by atoms with van der Waals surface area (Å²) in [5.41, 5.74) is -0.489. The Kier molecular flexibility index (Phi) is 3.71. The second kappa shape index (κ2) is 4.83. The predicted octanol–water partition coefficient (Wildman–Crippen LogP) is 2.36. The van der Waals surface area contributed by atoms with Gasteiger partial charge in [0.1, 0.15) is 5.82 Å². The van der Waals surface area contributed by atoms with Crippen molar-refractivity contribution >= 4 is 5.78 Å². The van der Waals surface area contributed by atoms with Crippen molar-refractivity contribution < 1.29 is 18.0 Å². The van der Waals surface area contributed by atoms with Gasteiger partial charge in [0, 0.05) is 32.4 Å². The maximum atomic E-state index is 13.1. The molecule has 0 amide bonds. The number of rotatable bonds is 3. The van der Waals surface area contributed by atoms with Crippen LogP contribution in [-0.2, 0) is 0 Å². The van der Waals surface area contributed by atoms with E-state index in [0.29, 0.717) is 12.1 Å². The summed E-state index contributed by atoms with van der Waals surface area (Å²) in [4.78, 5) is 13.0. The van der Waals surface area contributed by atoms with Gasteiger partial charge in [-0.3, -0.25) is 4.79 Å². The lowest BCUT2D eigenvalue weighted by Gasteiger charge is -2.03. The van der Waals surface area contributed by atoms with E-state index in [1.165, 1.54) is 6.20 Å². The molecular weight excluding hydrogens is 219 g/mol. The van der Waals surface area contributed by atoms with Gasteiger partial charge < -0.3 is 4.90 Å². The van der Waals surface area contributed by atoms with Gasteiger partial charge in [-0.1, -0.05) is 0 Å². The van der Waals surface area contributed by atoms with Gasteiger partial charge in [0.25, 0.3) is 0 Å². The van der Waals surface area contributed by atoms with Gasteiger partial charge in [-0.25, -0.2) is 13.2 Å². The van der Waals surface area contributed by atoms with Crippen molar-refractivity contribution in [1.29, 1.82) is 0 Å². The molecule has 1 rings (SSSR count). The molecule has 0 aliphatic carbocycles. The molecule has 1 aromatic carbocycles. The number of carbonyl (C=O) groups excluding carboxylic acids is 1. The van der Waals surface area contributed by atoms with Crippen LogP contribution < -0.4 is 0 Å². The van der Waals surface area contributed by atoms with Crippen LogP contribution in [0.1, 0.15) is 10.4 Å². The second-order valence-electron chi connectivity index (χ2n) is 3.39. The molecule has 5 heteroatoms. The molecule has 0 N–H and O–H groups in total. The molecule has 0 radical (unpaired) electrons. The molecule has 0 heterocycles. The van der Waals surface area contributed by atoms with Gasteiger partial charge in [-0.15, -0.1) is 0 Å². The molecule has 0 spiro atoms. The molecular formula is C11H10F3NO. The third-order valence-electron chi connectivity index (χ3n) is 1.80. The van der Waals surface area contributed by atoms with Crippen LogP contribution in [0.25, 0.3) is 0 Å². The average molecular weight is 229 g/mol. The SMILES string of the molecule is CN(C)C=CC(=O)c1cc(F)c(F)cc1F. The minimum Gasteiger partial charge on any atom is -0.383 e. The van der Waals surface area contributed by atoms with E-state index in [1.54, 1.807) is 19.0 Å². The molecule has 0 aromatic heterocycles. The molecule has 2 nitrogen and oxygen atoms in total. The van der Waals surface area contributed by atoms with Crippen LogP contribution >= 0.6 is 0 Å². The highest BCUT2D eigenvalue weighted by Gasteiger charge is 2.14. The Morgan fingerprint density at radius 2 is 1.69 bits per heavy atom. The molecule has 16 heavy (non-hydrogen) atoms. The summed E-state index contributed by atoms with van der Waals surface area (Å²) in [5.74, 6) is -4.36. The highest BCUT2D eigenvalue weighted by Crippen LogP contribution is 2.14. The molecule has 0 aliphatic heterocycles. The van der Waals surface area contributed by atoms with Crippen molar-refractivity contribution in [3.05, 3.63) is 47.4 Å². The van der Waals surface area contributed by atoms with E-state index in [4.69, 9.17) is 0 Å². The first kappa shape index (κ1) is 12.3. The van der Waals surface area contributed by atoms with Gasteiger partial charge in [-0.2, -0.15) is 0 Å². The van der Waals surface area contributed by atoms with Gasteiger partial charge >= 0.3 is 0 Å². The summed E-state index contributed by atoms with van der Waals surface area (Å²) in [7, 11) is 3.34. The van der Waals surface area contributed by atoms with E-state index in [-0.39, 0.29) is 0 Å². The number of halogens is 3. The Bertz CT molecular complexity index is 441. The smallest absolute Gasteiger partial charge is 0.190 e. The average Bonchev–Trinajstić information content (AvgIpc) is 2.20. The molecule has 0 aliphatic rings. The largest absolute Gasteiger partial charge is 0.383 e. The van der Waals surface area contributed by atoms with Gasteiger partial charge in [-0.05, 0) is 6.07 Å².